The van der Waals surface area contributed by atoms with Crippen LogP contribution in [-0.4, -0.2) is 95.5 Å². The summed E-state index contributed by atoms with van der Waals surface area (Å²) in [5, 5.41) is 13.1. The first kappa shape index (κ1) is 36.0. The molecule has 1 saturated heterocycles. The molecule has 1 aromatic heterocycles. The van der Waals surface area contributed by atoms with Crippen molar-refractivity contribution in [3.05, 3.63) is 86.2 Å². The van der Waals surface area contributed by atoms with E-state index in [9.17, 15) is 24.4 Å². The number of aryl methyl sites for hydroxylation is 2. The molecule has 51 heavy (non-hydrogen) atoms. The van der Waals surface area contributed by atoms with E-state index < -0.39 is 17.2 Å². The molecule has 3 aromatic rings. The highest BCUT2D eigenvalue weighted by molar-refractivity contribution is 5.95. The Bertz CT molecular complexity index is 1830. The van der Waals surface area contributed by atoms with E-state index in [4.69, 9.17) is 4.52 Å². The van der Waals surface area contributed by atoms with Crippen molar-refractivity contribution in [1.82, 2.24) is 29.7 Å². The summed E-state index contributed by atoms with van der Waals surface area (Å²) in [6.45, 7) is 2.63. The number of carbonyl (C=O) groups excluding carboxylic acids is 3. The molecule has 1 N–H and O–H groups in total. The highest BCUT2D eigenvalue weighted by Gasteiger charge is 2.48. The van der Waals surface area contributed by atoms with Crippen LogP contribution in [0.5, 0.6) is 0 Å². The number of fused-ring (bicyclic) bond motifs is 2. The summed E-state index contributed by atoms with van der Waals surface area (Å²) in [7, 11) is 6.91. The van der Waals surface area contributed by atoms with Crippen molar-refractivity contribution >= 4 is 17.7 Å². The molecule has 1 saturated carbocycles. The molecule has 0 unspecified atom stereocenters. The number of amides is 3. The van der Waals surface area contributed by atoms with Gasteiger partial charge in [-0.3, -0.25) is 14.4 Å². The second kappa shape index (κ2) is 14.8. The molecule has 270 valence electrons. The number of likely N-dealkylation sites (tertiary alicyclic amines) is 1. The van der Waals surface area contributed by atoms with Gasteiger partial charge in [-0.1, -0.05) is 31.4 Å². The lowest BCUT2D eigenvalue weighted by Crippen LogP contribution is -2.46. The molecule has 0 radical (unpaired) electrons. The highest BCUT2D eigenvalue weighted by atomic mass is 16.5. The molecular weight excluding hydrogens is 646 g/mol. The maximum absolute atomic E-state index is 13.4. The number of hydrogen-bond donors (Lipinski definition) is 1. The SMILES string of the molecule is C[C@H](CC1(c2nc(=O)on2C2CCCCC2)c2ccc(C(=O)N(C)C)cc2CCc2cc(C(=O)N(C)C)ccc21)NCC(=O)N1CCC[C@H]1C#N. The molecular formula is C39H49N7O5. The Kier molecular flexibility index (Phi) is 10.5. The Labute approximate surface area is 299 Å². The Morgan fingerprint density at radius 2 is 1.53 bits per heavy atom. The van der Waals surface area contributed by atoms with Crippen LogP contribution in [0.4, 0.5) is 0 Å². The van der Waals surface area contributed by atoms with Gasteiger partial charge in [0.2, 0.25) is 5.91 Å². The summed E-state index contributed by atoms with van der Waals surface area (Å²) in [5.74, 6) is -0.535. The lowest BCUT2D eigenvalue weighted by molar-refractivity contribution is -0.130. The van der Waals surface area contributed by atoms with Gasteiger partial charge in [0.25, 0.3) is 11.8 Å². The highest BCUT2D eigenvalue weighted by Crippen LogP contribution is 2.49. The van der Waals surface area contributed by atoms with Gasteiger partial charge in [0, 0.05) is 51.9 Å². The average Bonchev–Trinajstić information content (AvgIpc) is 3.75. The summed E-state index contributed by atoms with van der Waals surface area (Å²) < 4.78 is 7.73. The van der Waals surface area contributed by atoms with Crippen LogP contribution in [0.15, 0.2) is 45.7 Å². The Morgan fingerprint density at radius 3 is 2.08 bits per heavy atom. The molecule has 2 atom stereocenters. The number of rotatable bonds is 9. The maximum Gasteiger partial charge on any atom is 0.459 e. The van der Waals surface area contributed by atoms with Crippen molar-refractivity contribution in [2.24, 2.45) is 0 Å². The van der Waals surface area contributed by atoms with Crippen LogP contribution in [0.3, 0.4) is 0 Å². The van der Waals surface area contributed by atoms with Gasteiger partial charge in [0.15, 0.2) is 5.82 Å². The lowest BCUT2D eigenvalue weighted by atomic mass is 9.67. The molecule has 6 rings (SSSR count). The number of carbonyl (C=O) groups is 3. The van der Waals surface area contributed by atoms with Gasteiger partial charge in [0.05, 0.1) is 24.1 Å². The Hall–Kier alpha value is -4.76. The largest absolute Gasteiger partial charge is 0.459 e. The molecule has 2 fully saturated rings. The van der Waals surface area contributed by atoms with Crippen molar-refractivity contribution in [3.63, 3.8) is 0 Å². The summed E-state index contributed by atoms with van der Waals surface area (Å²) in [5.41, 5.74) is 3.77. The fourth-order valence-corrected chi connectivity index (χ4v) is 8.41. The van der Waals surface area contributed by atoms with E-state index in [0.717, 1.165) is 60.8 Å². The molecule has 3 aliphatic rings. The molecule has 0 bridgehead atoms. The fraction of sp³-hybridized carbons (Fsp3) is 0.538. The minimum atomic E-state index is -1.05. The second-order valence-corrected chi connectivity index (χ2v) is 14.8. The molecule has 12 nitrogen and oxygen atoms in total. The first-order valence-corrected chi connectivity index (χ1v) is 18.2. The summed E-state index contributed by atoms with van der Waals surface area (Å²) >= 11 is 0. The van der Waals surface area contributed by atoms with Gasteiger partial charge >= 0.3 is 5.76 Å². The third kappa shape index (κ3) is 6.96. The first-order valence-electron chi connectivity index (χ1n) is 18.2. The van der Waals surface area contributed by atoms with Gasteiger partial charge in [-0.05, 0) is 98.4 Å². The molecule has 3 amide bonds. The van der Waals surface area contributed by atoms with Gasteiger partial charge in [-0.25, -0.2) is 4.79 Å². The molecule has 2 aromatic carbocycles. The van der Waals surface area contributed by atoms with E-state index in [-0.39, 0.29) is 36.3 Å². The van der Waals surface area contributed by atoms with Crippen LogP contribution >= 0.6 is 0 Å². The molecule has 1 aliphatic heterocycles. The Morgan fingerprint density at radius 1 is 0.941 bits per heavy atom. The van der Waals surface area contributed by atoms with Gasteiger partial charge in [-0.15, -0.1) is 0 Å². The van der Waals surface area contributed by atoms with Gasteiger partial charge in [-0.2, -0.15) is 15.0 Å². The standard InChI is InChI=1S/C39H49N7O5/c1-25(41-24-34(47)45-19-9-12-31(45)23-40)22-39(37-42-38(50)51-46(37)30-10-7-6-8-11-30)32-17-15-28(35(48)43(2)3)20-26(32)13-14-27-21-29(16-18-33(27)39)36(49)44(4)5/h15-18,20-21,25,30-31,41H,6-14,19,22,24H2,1-5H3/t25-,31+/m1/s1. The van der Waals surface area contributed by atoms with E-state index in [1.165, 1.54) is 0 Å². The van der Waals surface area contributed by atoms with Gasteiger partial charge in [0.1, 0.15) is 6.04 Å². The minimum absolute atomic E-state index is 0.0515. The predicted octanol–water partition coefficient (Wildman–Crippen LogP) is 4.06. The van der Waals surface area contributed by atoms with E-state index >= 15 is 0 Å². The Balaban J connectivity index is 1.55. The fourth-order valence-electron chi connectivity index (χ4n) is 8.41. The molecule has 2 aliphatic carbocycles. The van der Waals surface area contributed by atoms with Crippen molar-refractivity contribution < 1.29 is 18.9 Å². The number of nitrogens with zero attached hydrogens (tertiary/aromatic N) is 6. The van der Waals surface area contributed by atoms with Crippen LogP contribution in [0.1, 0.15) is 113 Å². The first-order chi connectivity index (χ1) is 24.4. The molecule has 2 heterocycles. The van der Waals surface area contributed by atoms with Crippen LogP contribution in [-0.2, 0) is 23.1 Å². The van der Waals surface area contributed by atoms with Gasteiger partial charge < -0.3 is 24.5 Å². The number of nitriles is 1. The minimum Gasteiger partial charge on any atom is -0.345 e. The number of hydrogen-bond acceptors (Lipinski definition) is 8. The third-order valence-electron chi connectivity index (χ3n) is 10.9. The number of aromatic nitrogens is 2. The maximum atomic E-state index is 13.4. The zero-order valence-electron chi connectivity index (χ0n) is 30.4. The normalized spacial score (nSPS) is 19.0. The van der Waals surface area contributed by atoms with Crippen molar-refractivity contribution in [2.75, 3.05) is 41.3 Å². The predicted molar refractivity (Wildman–Crippen MR) is 192 cm³/mol. The number of benzene rings is 2. The second-order valence-electron chi connectivity index (χ2n) is 14.8. The number of nitrogens with one attached hydrogen (secondary N) is 1. The van der Waals surface area contributed by atoms with Crippen LogP contribution in [0.2, 0.25) is 0 Å². The van der Waals surface area contributed by atoms with Crippen LogP contribution < -0.4 is 11.1 Å². The van der Waals surface area contributed by atoms with Crippen LogP contribution in [0.25, 0.3) is 0 Å². The van der Waals surface area contributed by atoms with Crippen molar-refractivity contribution in [1.29, 1.82) is 5.26 Å². The summed E-state index contributed by atoms with van der Waals surface area (Å²) in [6, 6.07) is 13.1. The lowest BCUT2D eigenvalue weighted by Gasteiger charge is -2.39. The quantitative estimate of drug-likeness (QED) is 0.353. The smallest absolute Gasteiger partial charge is 0.345 e. The monoisotopic (exact) mass is 695 g/mol. The van der Waals surface area contributed by atoms with Crippen LogP contribution in [0, 0.1) is 11.3 Å². The van der Waals surface area contributed by atoms with E-state index in [0.29, 0.717) is 49.2 Å². The topological polar surface area (TPSA) is 145 Å². The van der Waals surface area contributed by atoms with Crippen molar-refractivity contribution in [2.45, 2.75) is 94.7 Å². The average molecular weight is 696 g/mol. The summed E-state index contributed by atoms with van der Waals surface area (Å²) in [4.78, 5) is 62.6. The summed E-state index contributed by atoms with van der Waals surface area (Å²) in [6.07, 6.45) is 7.90. The van der Waals surface area contributed by atoms with E-state index in [1.54, 1.807) is 47.6 Å². The molecule has 0 spiro atoms. The van der Waals surface area contributed by atoms with E-state index in [2.05, 4.69) is 16.4 Å². The molecule has 12 heteroatoms. The van der Waals surface area contributed by atoms with E-state index in [1.807, 2.05) is 43.3 Å². The zero-order valence-corrected chi connectivity index (χ0v) is 30.4. The third-order valence-corrected chi connectivity index (χ3v) is 10.9. The van der Waals surface area contributed by atoms with Crippen molar-refractivity contribution in [3.8, 4) is 6.07 Å². The zero-order chi connectivity index (χ0) is 36.4.